The third-order valence-corrected chi connectivity index (χ3v) is 8.83. The monoisotopic (exact) mass is 306 g/mol. The van der Waals surface area contributed by atoms with Gasteiger partial charge in [0.05, 0.1) is 6.61 Å². The van der Waals surface area contributed by atoms with E-state index in [0.717, 1.165) is 5.56 Å². The van der Waals surface area contributed by atoms with E-state index in [2.05, 4.69) is 33.9 Å². The van der Waals surface area contributed by atoms with Crippen LogP contribution in [0.4, 0.5) is 0 Å². The lowest BCUT2D eigenvalue weighted by Gasteiger charge is -2.37. The minimum atomic E-state index is -1.74. The predicted molar refractivity (Wildman–Crippen MR) is 87.4 cm³/mol. The van der Waals surface area contributed by atoms with Crippen molar-refractivity contribution in [3.05, 3.63) is 48.0 Å². The molecule has 1 aliphatic rings. The van der Waals surface area contributed by atoms with Crippen LogP contribution in [0.5, 0.6) is 0 Å². The van der Waals surface area contributed by atoms with Crippen LogP contribution in [-0.4, -0.2) is 21.0 Å². The van der Waals surface area contributed by atoms with Gasteiger partial charge in [-0.05, 0) is 29.8 Å². The molecule has 2 atom stereocenters. The second-order valence-corrected chi connectivity index (χ2v) is 11.8. The van der Waals surface area contributed by atoms with Crippen LogP contribution in [-0.2, 0) is 14.2 Å². The first kappa shape index (κ1) is 16.4. The summed E-state index contributed by atoms with van der Waals surface area (Å²) < 4.78 is 6.16. The summed E-state index contributed by atoms with van der Waals surface area (Å²) in [6.45, 7) is 11.7. The van der Waals surface area contributed by atoms with E-state index in [1.54, 1.807) is 0 Å². The predicted octanol–water partition coefficient (Wildman–Crippen LogP) is 4.64. The van der Waals surface area contributed by atoms with Gasteiger partial charge in [-0.25, -0.2) is 9.78 Å². The molecule has 1 aromatic carbocycles. The van der Waals surface area contributed by atoms with E-state index in [9.17, 15) is 0 Å². The van der Waals surface area contributed by atoms with Crippen molar-refractivity contribution >= 4 is 8.32 Å². The number of hydrogen-bond donors (Lipinski definition) is 0. The molecule has 116 valence electrons. The Labute approximate surface area is 129 Å². The molecule has 0 saturated carbocycles. The van der Waals surface area contributed by atoms with Crippen molar-refractivity contribution in [2.75, 3.05) is 6.61 Å². The summed E-state index contributed by atoms with van der Waals surface area (Å²) in [4.78, 5) is 10.9. The van der Waals surface area contributed by atoms with Crippen molar-refractivity contribution in [2.45, 2.75) is 51.1 Å². The van der Waals surface area contributed by atoms with Crippen LogP contribution in [0.15, 0.2) is 42.5 Å². The molecule has 4 heteroatoms. The third-order valence-electron chi connectivity index (χ3n) is 4.33. The van der Waals surface area contributed by atoms with Gasteiger partial charge in [-0.3, -0.25) is 0 Å². The van der Waals surface area contributed by atoms with Gasteiger partial charge in [0.15, 0.2) is 8.32 Å². The highest BCUT2D eigenvalue weighted by atomic mass is 28.4. The molecule has 0 bridgehead atoms. The SMILES string of the molecule is CC(C)(C)[Si](C)(C)OC[C@H]1C=C[C@@H](c2ccccc2)OO1. The van der Waals surface area contributed by atoms with Crippen molar-refractivity contribution in [1.29, 1.82) is 0 Å². The third kappa shape index (κ3) is 4.26. The zero-order chi connectivity index (χ0) is 15.5. The van der Waals surface area contributed by atoms with Gasteiger partial charge in [0.2, 0.25) is 0 Å². The van der Waals surface area contributed by atoms with Crippen molar-refractivity contribution in [1.82, 2.24) is 0 Å². The Balaban J connectivity index is 1.89. The Morgan fingerprint density at radius 2 is 1.71 bits per heavy atom. The van der Waals surface area contributed by atoms with Crippen LogP contribution in [0.2, 0.25) is 18.1 Å². The molecule has 0 amide bonds. The fourth-order valence-electron chi connectivity index (χ4n) is 1.82. The Hall–Kier alpha value is -0.943. The average Bonchev–Trinajstić information content (AvgIpc) is 2.45. The van der Waals surface area contributed by atoms with E-state index in [1.165, 1.54) is 0 Å². The topological polar surface area (TPSA) is 27.7 Å². The van der Waals surface area contributed by atoms with Crippen LogP contribution >= 0.6 is 0 Å². The van der Waals surface area contributed by atoms with Crippen LogP contribution < -0.4 is 0 Å². The minimum absolute atomic E-state index is 0.126. The lowest BCUT2D eigenvalue weighted by atomic mass is 10.1. The summed E-state index contributed by atoms with van der Waals surface area (Å²) in [5, 5.41) is 0.207. The lowest BCUT2D eigenvalue weighted by Crippen LogP contribution is -2.43. The first-order chi connectivity index (χ1) is 9.79. The molecule has 0 aromatic heterocycles. The first-order valence-corrected chi connectivity index (χ1v) is 10.4. The molecule has 1 heterocycles. The summed E-state index contributed by atoms with van der Waals surface area (Å²) in [6.07, 6.45) is 3.82. The summed E-state index contributed by atoms with van der Waals surface area (Å²) >= 11 is 0. The van der Waals surface area contributed by atoms with E-state index in [4.69, 9.17) is 14.2 Å². The Kier molecular flexibility index (Phi) is 5.04. The maximum Gasteiger partial charge on any atom is 0.192 e. The Morgan fingerprint density at radius 1 is 1.05 bits per heavy atom. The second kappa shape index (κ2) is 6.44. The zero-order valence-electron chi connectivity index (χ0n) is 13.6. The van der Waals surface area contributed by atoms with Gasteiger partial charge in [-0.2, -0.15) is 0 Å². The van der Waals surface area contributed by atoms with Gasteiger partial charge >= 0.3 is 0 Å². The fourth-order valence-corrected chi connectivity index (χ4v) is 2.83. The molecule has 21 heavy (non-hydrogen) atoms. The molecule has 3 nitrogen and oxygen atoms in total. The van der Waals surface area contributed by atoms with E-state index in [1.807, 2.05) is 42.5 Å². The average molecular weight is 306 g/mol. The normalized spacial score (nSPS) is 23.3. The molecular weight excluding hydrogens is 280 g/mol. The Morgan fingerprint density at radius 3 is 2.24 bits per heavy atom. The molecule has 0 fully saturated rings. The van der Waals surface area contributed by atoms with Gasteiger partial charge in [0, 0.05) is 0 Å². The highest BCUT2D eigenvalue weighted by Crippen LogP contribution is 2.37. The second-order valence-electron chi connectivity index (χ2n) is 7.02. The van der Waals surface area contributed by atoms with Crippen LogP contribution in [0.3, 0.4) is 0 Å². The van der Waals surface area contributed by atoms with Gasteiger partial charge in [0.25, 0.3) is 0 Å². The highest BCUT2D eigenvalue weighted by molar-refractivity contribution is 6.74. The molecule has 0 aliphatic carbocycles. The zero-order valence-corrected chi connectivity index (χ0v) is 14.6. The lowest BCUT2D eigenvalue weighted by molar-refractivity contribution is -0.345. The Bertz CT molecular complexity index is 477. The summed E-state index contributed by atoms with van der Waals surface area (Å²) in [6, 6.07) is 10.1. The van der Waals surface area contributed by atoms with Crippen LogP contribution in [0.1, 0.15) is 32.4 Å². The van der Waals surface area contributed by atoms with E-state index in [0.29, 0.717) is 6.61 Å². The van der Waals surface area contributed by atoms with Gasteiger partial charge in [-0.1, -0.05) is 57.2 Å². The van der Waals surface area contributed by atoms with Crippen molar-refractivity contribution < 1.29 is 14.2 Å². The number of benzene rings is 1. The van der Waals surface area contributed by atoms with Gasteiger partial charge in [-0.15, -0.1) is 0 Å². The first-order valence-electron chi connectivity index (χ1n) is 7.49. The molecule has 1 aliphatic heterocycles. The maximum atomic E-state index is 6.16. The van der Waals surface area contributed by atoms with Crippen molar-refractivity contribution in [2.24, 2.45) is 0 Å². The molecular formula is C17H26O3Si. The molecule has 0 saturated heterocycles. The quantitative estimate of drug-likeness (QED) is 0.461. The van der Waals surface area contributed by atoms with Crippen LogP contribution in [0, 0.1) is 0 Å². The van der Waals surface area contributed by atoms with E-state index < -0.39 is 8.32 Å². The minimum Gasteiger partial charge on any atom is -0.414 e. The van der Waals surface area contributed by atoms with Crippen molar-refractivity contribution in [3.8, 4) is 0 Å². The molecule has 0 N–H and O–H groups in total. The number of hydrogen-bond acceptors (Lipinski definition) is 3. The van der Waals surface area contributed by atoms with E-state index >= 15 is 0 Å². The maximum absolute atomic E-state index is 6.16. The molecule has 1 aromatic rings. The van der Waals surface area contributed by atoms with E-state index in [-0.39, 0.29) is 17.2 Å². The number of rotatable bonds is 4. The molecule has 0 radical (unpaired) electrons. The largest absolute Gasteiger partial charge is 0.414 e. The standard InChI is InChI=1S/C17H26O3Si/c1-17(2,3)21(4,5)18-13-15-11-12-16(20-19-15)14-9-7-6-8-10-14/h6-12,15-16H,13H2,1-5H3/t15-,16+/m1/s1. The van der Waals surface area contributed by atoms with Gasteiger partial charge < -0.3 is 4.43 Å². The summed E-state index contributed by atoms with van der Waals surface area (Å²) in [7, 11) is -1.74. The fraction of sp³-hybridized carbons (Fsp3) is 0.529. The molecule has 0 unspecified atom stereocenters. The van der Waals surface area contributed by atoms with Crippen molar-refractivity contribution in [3.63, 3.8) is 0 Å². The smallest absolute Gasteiger partial charge is 0.192 e. The van der Waals surface area contributed by atoms with Gasteiger partial charge in [0.1, 0.15) is 12.2 Å². The molecule has 2 rings (SSSR count). The van der Waals surface area contributed by atoms with Crippen LogP contribution in [0.25, 0.3) is 0 Å². The highest BCUT2D eigenvalue weighted by Gasteiger charge is 2.37. The molecule has 0 spiro atoms. The summed E-state index contributed by atoms with van der Waals surface area (Å²) in [5.74, 6) is 0. The summed E-state index contributed by atoms with van der Waals surface area (Å²) in [5.41, 5.74) is 1.09.